The SMILES string of the molecule is [C-]#[N+]/C=C1\CCc2ccc3c(c21)CCO3. The standard InChI is InChI=1S/C13H11NO/c1-14-8-10-3-2-9-4-5-12-11(13(9)10)6-7-15-12/h4-5,8H,2-3,6-7H2/b10-8+. The Balaban J connectivity index is 2.23. The van der Waals surface area contributed by atoms with Crippen molar-refractivity contribution in [2.75, 3.05) is 6.61 Å². The monoisotopic (exact) mass is 197 g/mol. The van der Waals surface area contributed by atoms with E-state index in [1.807, 2.05) is 0 Å². The Morgan fingerprint density at radius 3 is 3.07 bits per heavy atom. The quantitative estimate of drug-likeness (QED) is 0.583. The van der Waals surface area contributed by atoms with Gasteiger partial charge in [-0.05, 0) is 35.6 Å². The molecule has 0 atom stereocenters. The predicted molar refractivity (Wildman–Crippen MR) is 58.5 cm³/mol. The lowest BCUT2D eigenvalue weighted by molar-refractivity contribution is 0.357. The molecular weight excluding hydrogens is 186 g/mol. The van der Waals surface area contributed by atoms with Crippen LogP contribution in [0, 0.1) is 6.57 Å². The van der Waals surface area contributed by atoms with Crippen molar-refractivity contribution in [1.82, 2.24) is 0 Å². The van der Waals surface area contributed by atoms with Crippen LogP contribution in [0.1, 0.15) is 23.1 Å². The van der Waals surface area contributed by atoms with Crippen LogP contribution in [-0.2, 0) is 12.8 Å². The van der Waals surface area contributed by atoms with Crippen LogP contribution in [0.25, 0.3) is 10.4 Å². The van der Waals surface area contributed by atoms with Gasteiger partial charge in [0.1, 0.15) is 5.75 Å². The van der Waals surface area contributed by atoms with Crippen LogP contribution in [0.4, 0.5) is 0 Å². The molecule has 1 aliphatic heterocycles. The molecule has 0 unspecified atom stereocenters. The molecule has 0 N–H and O–H groups in total. The van der Waals surface area contributed by atoms with E-state index in [1.54, 1.807) is 6.20 Å². The van der Waals surface area contributed by atoms with Crippen LogP contribution in [0.3, 0.4) is 0 Å². The van der Waals surface area contributed by atoms with Crippen molar-refractivity contribution in [3.05, 3.63) is 46.4 Å². The summed E-state index contributed by atoms with van der Waals surface area (Å²) < 4.78 is 5.55. The molecule has 1 heterocycles. The van der Waals surface area contributed by atoms with Crippen LogP contribution in [0.2, 0.25) is 0 Å². The van der Waals surface area contributed by atoms with Crippen molar-refractivity contribution < 1.29 is 4.74 Å². The number of ether oxygens (including phenoxy) is 1. The summed E-state index contributed by atoms with van der Waals surface area (Å²) in [6, 6.07) is 4.21. The van der Waals surface area contributed by atoms with E-state index in [1.165, 1.54) is 22.3 Å². The van der Waals surface area contributed by atoms with Gasteiger partial charge in [-0.1, -0.05) is 6.07 Å². The molecule has 1 aliphatic carbocycles. The summed E-state index contributed by atoms with van der Waals surface area (Å²) in [6.07, 6.45) is 4.75. The zero-order valence-corrected chi connectivity index (χ0v) is 8.42. The number of benzene rings is 1. The summed E-state index contributed by atoms with van der Waals surface area (Å²) in [5, 5.41) is 0. The maximum absolute atomic E-state index is 6.92. The van der Waals surface area contributed by atoms with Crippen molar-refractivity contribution in [2.24, 2.45) is 0 Å². The fourth-order valence-electron chi connectivity index (χ4n) is 2.53. The number of nitrogens with zero attached hydrogens (tertiary/aromatic N) is 1. The Bertz CT molecular complexity index is 494. The molecule has 0 bridgehead atoms. The highest BCUT2D eigenvalue weighted by molar-refractivity contribution is 5.77. The average Bonchev–Trinajstić information content (AvgIpc) is 2.83. The topological polar surface area (TPSA) is 13.6 Å². The Hall–Kier alpha value is -1.75. The number of allylic oxidation sites excluding steroid dienone is 1. The molecule has 0 spiro atoms. The van der Waals surface area contributed by atoms with Gasteiger partial charge in [0.2, 0.25) is 0 Å². The molecule has 3 rings (SSSR count). The number of aryl methyl sites for hydroxylation is 1. The Morgan fingerprint density at radius 1 is 1.27 bits per heavy atom. The van der Waals surface area contributed by atoms with Crippen molar-refractivity contribution in [1.29, 1.82) is 0 Å². The van der Waals surface area contributed by atoms with Crippen molar-refractivity contribution >= 4 is 5.57 Å². The predicted octanol–water partition coefficient (Wildman–Crippen LogP) is 2.83. The lowest BCUT2D eigenvalue weighted by Crippen LogP contribution is -1.89. The molecule has 74 valence electrons. The highest BCUT2D eigenvalue weighted by Gasteiger charge is 2.24. The number of hydrogen-bond acceptors (Lipinski definition) is 1. The van der Waals surface area contributed by atoms with E-state index in [9.17, 15) is 0 Å². The molecule has 1 aromatic rings. The van der Waals surface area contributed by atoms with E-state index in [4.69, 9.17) is 11.3 Å². The summed E-state index contributed by atoms with van der Waals surface area (Å²) in [5.74, 6) is 1.02. The molecule has 2 aliphatic rings. The van der Waals surface area contributed by atoms with Gasteiger partial charge < -0.3 is 4.74 Å². The van der Waals surface area contributed by atoms with Gasteiger partial charge in [0.15, 0.2) is 6.20 Å². The van der Waals surface area contributed by atoms with Crippen molar-refractivity contribution in [3.63, 3.8) is 0 Å². The van der Waals surface area contributed by atoms with Gasteiger partial charge in [-0.2, -0.15) is 0 Å². The summed E-state index contributed by atoms with van der Waals surface area (Å²) in [5.41, 5.74) is 5.21. The van der Waals surface area contributed by atoms with E-state index in [0.717, 1.165) is 31.6 Å². The summed E-state index contributed by atoms with van der Waals surface area (Å²) in [7, 11) is 0. The third-order valence-electron chi connectivity index (χ3n) is 3.17. The van der Waals surface area contributed by atoms with E-state index in [-0.39, 0.29) is 0 Å². The molecule has 15 heavy (non-hydrogen) atoms. The number of fused-ring (bicyclic) bond motifs is 3. The molecule has 2 nitrogen and oxygen atoms in total. The Labute approximate surface area is 89.0 Å². The number of rotatable bonds is 0. The fraction of sp³-hybridized carbons (Fsp3) is 0.308. The molecule has 0 fully saturated rings. The first-order valence-electron chi connectivity index (χ1n) is 5.23. The van der Waals surface area contributed by atoms with Crippen LogP contribution in [-0.4, -0.2) is 6.61 Å². The molecule has 0 saturated carbocycles. The summed E-state index contributed by atoms with van der Waals surface area (Å²) in [6.45, 7) is 7.71. The van der Waals surface area contributed by atoms with Gasteiger partial charge in [-0.3, -0.25) is 0 Å². The summed E-state index contributed by atoms with van der Waals surface area (Å²) >= 11 is 0. The fourth-order valence-corrected chi connectivity index (χ4v) is 2.53. The number of hydrogen-bond donors (Lipinski definition) is 0. The lowest BCUT2D eigenvalue weighted by Gasteiger charge is -2.06. The van der Waals surface area contributed by atoms with Gasteiger partial charge in [0.25, 0.3) is 0 Å². The second kappa shape index (κ2) is 3.13. The van der Waals surface area contributed by atoms with Gasteiger partial charge in [-0.15, -0.1) is 0 Å². The van der Waals surface area contributed by atoms with Crippen LogP contribution >= 0.6 is 0 Å². The van der Waals surface area contributed by atoms with Gasteiger partial charge in [0, 0.05) is 12.0 Å². The minimum absolute atomic E-state index is 0.789. The highest BCUT2D eigenvalue weighted by Crippen LogP contribution is 2.41. The molecule has 1 aromatic carbocycles. The zero-order valence-electron chi connectivity index (χ0n) is 8.42. The molecule has 0 amide bonds. The van der Waals surface area contributed by atoms with E-state index < -0.39 is 0 Å². The second-order valence-electron chi connectivity index (χ2n) is 3.96. The second-order valence-corrected chi connectivity index (χ2v) is 3.96. The van der Waals surface area contributed by atoms with E-state index in [2.05, 4.69) is 17.0 Å². The first-order chi connectivity index (χ1) is 7.40. The average molecular weight is 197 g/mol. The molecule has 0 saturated heterocycles. The summed E-state index contributed by atoms with van der Waals surface area (Å²) in [4.78, 5) is 3.39. The normalized spacial score (nSPS) is 19.5. The maximum atomic E-state index is 6.92. The third kappa shape index (κ3) is 1.16. The largest absolute Gasteiger partial charge is 0.493 e. The zero-order chi connectivity index (χ0) is 10.3. The van der Waals surface area contributed by atoms with Gasteiger partial charge in [-0.25, -0.2) is 4.85 Å². The molecule has 0 aromatic heterocycles. The van der Waals surface area contributed by atoms with E-state index >= 15 is 0 Å². The van der Waals surface area contributed by atoms with Gasteiger partial charge >= 0.3 is 0 Å². The van der Waals surface area contributed by atoms with Crippen LogP contribution in [0.5, 0.6) is 5.75 Å². The highest BCUT2D eigenvalue weighted by atomic mass is 16.5. The third-order valence-corrected chi connectivity index (χ3v) is 3.17. The Morgan fingerprint density at radius 2 is 2.20 bits per heavy atom. The first kappa shape index (κ1) is 8.55. The van der Waals surface area contributed by atoms with Crippen LogP contribution in [0.15, 0.2) is 18.3 Å². The van der Waals surface area contributed by atoms with Crippen molar-refractivity contribution in [2.45, 2.75) is 19.3 Å². The maximum Gasteiger partial charge on any atom is 0.157 e. The molecule has 2 heteroatoms. The van der Waals surface area contributed by atoms with Gasteiger partial charge in [0.05, 0.1) is 13.2 Å². The van der Waals surface area contributed by atoms with Crippen molar-refractivity contribution in [3.8, 4) is 5.75 Å². The van der Waals surface area contributed by atoms with Crippen LogP contribution < -0.4 is 4.74 Å². The minimum atomic E-state index is 0.789. The minimum Gasteiger partial charge on any atom is -0.493 e. The Kier molecular flexibility index (Phi) is 1.78. The van der Waals surface area contributed by atoms with E-state index in [0.29, 0.717) is 0 Å². The molecule has 0 radical (unpaired) electrons. The smallest absolute Gasteiger partial charge is 0.157 e. The molecular formula is C13H11NO. The first-order valence-corrected chi connectivity index (χ1v) is 5.23. The lowest BCUT2D eigenvalue weighted by atomic mass is 9.99.